The van der Waals surface area contributed by atoms with Gasteiger partial charge >= 0.3 is 0 Å². The van der Waals surface area contributed by atoms with E-state index in [4.69, 9.17) is 9.84 Å². The molecule has 4 heteroatoms. The number of fused-ring (bicyclic) bond motifs is 1. The summed E-state index contributed by atoms with van der Waals surface area (Å²) in [6.07, 6.45) is 12.5. The van der Waals surface area contributed by atoms with Crippen LogP contribution in [0.4, 0.5) is 4.39 Å². The van der Waals surface area contributed by atoms with Gasteiger partial charge in [-0.1, -0.05) is 30.4 Å². The summed E-state index contributed by atoms with van der Waals surface area (Å²) >= 11 is 0. The molecule has 1 aromatic heterocycles. The first-order valence-corrected chi connectivity index (χ1v) is 9.04. The van der Waals surface area contributed by atoms with Crippen LogP contribution in [0.2, 0.25) is 0 Å². The van der Waals surface area contributed by atoms with E-state index >= 15 is 0 Å². The van der Waals surface area contributed by atoms with Gasteiger partial charge in [0.15, 0.2) is 0 Å². The van der Waals surface area contributed by atoms with E-state index in [0.29, 0.717) is 11.6 Å². The molecule has 4 rings (SSSR count). The highest BCUT2D eigenvalue weighted by Gasteiger charge is 2.22. The zero-order valence-electron chi connectivity index (χ0n) is 14.5. The number of aryl methyl sites for hydroxylation is 1. The Kier molecular flexibility index (Phi) is 4.53. The first-order valence-electron chi connectivity index (χ1n) is 9.04. The number of nitrogens with zero attached hydrogens (tertiary/aromatic N) is 2. The minimum atomic E-state index is -0.227. The van der Waals surface area contributed by atoms with Crippen LogP contribution in [0, 0.1) is 12.7 Å². The van der Waals surface area contributed by atoms with Crippen molar-refractivity contribution in [2.24, 2.45) is 0 Å². The van der Waals surface area contributed by atoms with Crippen molar-refractivity contribution in [2.75, 3.05) is 13.2 Å². The molecule has 3 nitrogen and oxygen atoms in total. The molecule has 2 aliphatic rings. The number of hydrogen-bond acceptors (Lipinski definition) is 2. The van der Waals surface area contributed by atoms with Crippen LogP contribution in [0.25, 0.3) is 17.8 Å². The number of ether oxygens (including phenoxy) is 1. The fourth-order valence-corrected chi connectivity index (χ4v) is 3.64. The van der Waals surface area contributed by atoms with Gasteiger partial charge in [0.1, 0.15) is 11.5 Å². The van der Waals surface area contributed by atoms with Crippen molar-refractivity contribution in [3.63, 3.8) is 0 Å². The van der Waals surface area contributed by atoms with Gasteiger partial charge in [-0.25, -0.2) is 9.07 Å². The lowest BCUT2D eigenvalue weighted by Gasteiger charge is -2.20. The second kappa shape index (κ2) is 6.96. The fraction of sp³-hybridized carbons (Fsp3) is 0.381. The largest absolute Gasteiger partial charge is 0.381 e. The summed E-state index contributed by atoms with van der Waals surface area (Å²) in [5, 5.41) is 7.02. The molecule has 25 heavy (non-hydrogen) atoms. The van der Waals surface area contributed by atoms with Crippen LogP contribution in [-0.2, 0) is 4.74 Å². The van der Waals surface area contributed by atoms with Gasteiger partial charge in [0.25, 0.3) is 0 Å². The molecule has 1 aliphatic carbocycles. The Morgan fingerprint density at radius 1 is 1.20 bits per heavy atom. The van der Waals surface area contributed by atoms with E-state index in [9.17, 15) is 4.39 Å². The minimum Gasteiger partial charge on any atom is -0.381 e. The van der Waals surface area contributed by atoms with Crippen LogP contribution in [0.1, 0.15) is 42.9 Å². The lowest BCUT2D eigenvalue weighted by Crippen LogP contribution is -2.31. The van der Waals surface area contributed by atoms with Gasteiger partial charge in [0.2, 0.25) is 0 Å². The van der Waals surface area contributed by atoms with Gasteiger partial charge < -0.3 is 4.74 Å². The summed E-state index contributed by atoms with van der Waals surface area (Å²) in [5.74, 6) is 0.143. The summed E-state index contributed by atoms with van der Waals surface area (Å²) in [5.41, 5.74) is 2.51. The van der Waals surface area contributed by atoms with Crippen LogP contribution in [-0.4, -0.2) is 23.0 Å². The van der Waals surface area contributed by atoms with Crippen molar-refractivity contribution < 1.29 is 9.13 Å². The average Bonchev–Trinajstić information content (AvgIpc) is 2.93. The molecule has 0 saturated carbocycles. The minimum absolute atomic E-state index is 0.227. The molecule has 0 unspecified atom stereocenters. The Balaban J connectivity index is 1.94. The Bertz CT molecular complexity index is 920. The molecule has 1 saturated heterocycles. The second-order valence-electron chi connectivity index (χ2n) is 6.81. The maximum Gasteiger partial charge on any atom is 0.149 e. The molecule has 1 fully saturated rings. The molecule has 0 atom stereocenters. The molecule has 0 bridgehead atoms. The van der Waals surface area contributed by atoms with Gasteiger partial charge in [-0.2, -0.15) is 5.10 Å². The fourth-order valence-electron chi connectivity index (χ4n) is 3.64. The van der Waals surface area contributed by atoms with E-state index in [1.807, 2.05) is 19.1 Å². The number of benzene rings is 1. The summed E-state index contributed by atoms with van der Waals surface area (Å²) in [4.78, 5) is 0. The van der Waals surface area contributed by atoms with Crippen molar-refractivity contribution in [3.05, 3.63) is 58.0 Å². The molecule has 2 aromatic rings. The van der Waals surface area contributed by atoms with Crippen molar-refractivity contribution in [1.82, 2.24) is 9.78 Å². The lowest BCUT2D eigenvalue weighted by atomic mass is 9.95. The van der Waals surface area contributed by atoms with Crippen LogP contribution in [0.3, 0.4) is 0 Å². The molecule has 2 heterocycles. The SMILES string of the molecule is Cc1ccc(-n2nc(C3CCOCC3)c3/c2=C\CC\C=C\C=3)c(F)c1. The topological polar surface area (TPSA) is 27.1 Å². The monoisotopic (exact) mass is 338 g/mol. The molecule has 1 aliphatic heterocycles. The van der Waals surface area contributed by atoms with Crippen LogP contribution >= 0.6 is 0 Å². The van der Waals surface area contributed by atoms with E-state index in [1.54, 1.807) is 10.7 Å². The van der Waals surface area contributed by atoms with E-state index in [2.05, 4.69) is 24.3 Å². The molecule has 0 radical (unpaired) electrons. The van der Waals surface area contributed by atoms with E-state index in [1.165, 1.54) is 0 Å². The third kappa shape index (κ3) is 3.19. The molecule has 0 N–H and O–H groups in total. The first kappa shape index (κ1) is 16.3. The van der Waals surface area contributed by atoms with Gasteiger partial charge in [0, 0.05) is 24.4 Å². The maximum atomic E-state index is 14.6. The van der Waals surface area contributed by atoms with E-state index in [-0.39, 0.29) is 5.82 Å². The summed E-state index contributed by atoms with van der Waals surface area (Å²) in [6, 6.07) is 5.34. The van der Waals surface area contributed by atoms with Crippen molar-refractivity contribution in [1.29, 1.82) is 0 Å². The average molecular weight is 338 g/mol. The number of hydrogen-bond donors (Lipinski definition) is 0. The Hall–Kier alpha value is -2.20. The van der Waals surface area contributed by atoms with Gasteiger partial charge in [-0.3, -0.25) is 0 Å². The highest BCUT2D eigenvalue weighted by Crippen LogP contribution is 2.23. The van der Waals surface area contributed by atoms with Gasteiger partial charge in [-0.15, -0.1) is 0 Å². The number of allylic oxidation sites excluding steroid dienone is 2. The normalized spacial score (nSPS) is 22.0. The number of rotatable bonds is 2. The predicted molar refractivity (Wildman–Crippen MR) is 97.6 cm³/mol. The number of aromatic nitrogens is 2. The van der Waals surface area contributed by atoms with Crippen molar-refractivity contribution in [2.45, 2.75) is 38.5 Å². The predicted octanol–water partition coefficient (Wildman–Crippen LogP) is 3.12. The smallest absolute Gasteiger partial charge is 0.149 e. The third-order valence-corrected chi connectivity index (χ3v) is 5.00. The highest BCUT2D eigenvalue weighted by molar-refractivity contribution is 5.45. The van der Waals surface area contributed by atoms with Crippen molar-refractivity contribution >= 4 is 12.2 Å². The van der Waals surface area contributed by atoms with Crippen LogP contribution in [0.15, 0.2) is 30.4 Å². The Labute approximate surface area is 147 Å². The van der Waals surface area contributed by atoms with Gasteiger partial charge in [-0.05, 0) is 50.3 Å². The second-order valence-corrected chi connectivity index (χ2v) is 6.81. The van der Waals surface area contributed by atoms with Crippen LogP contribution in [0.5, 0.6) is 0 Å². The maximum absolute atomic E-state index is 14.6. The highest BCUT2D eigenvalue weighted by atomic mass is 19.1. The lowest BCUT2D eigenvalue weighted by molar-refractivity contribution is 0.0842. The molecule has 0 spiro atoms. The quantitative estimate of drug-likeness (QED) is 0.841. The first-order chi connectivity index (χ1) is 12.2. The standard InChI is InChI=1S/C21H23FN2O/c1-15-8-9-20(18(22)14-15)24-19-7-5-3-2-4-6-17(19)21(23-24)16-10-12-25-13-11-16/h2,4,6-9,14,16H,3,5,10-13H2,1H3/b4-2+,17-6+,19-7+. The summed E-state index contributed by atoms with van der Waals surface area (Å²) < 4.78 is 21.9. The molecular weight excluding hydrogens is 315 g/mol. The zero-order chi connectivity index (χ0) is 17.2. The zero-order valence-corrected chi connectivity index (χ0v) is 14.5. The number of halogens is 1. The van der Waals surface area contributed by atoms with Crippen molar-refractivity contribution in [3.8, 4) is 5.69 Å². The Morgan fingerprint density at radius 3 is 2.84 bits per heavy atom. The van der Waals surface area contributed by atoms with Crippen LogP contribution < -0.4 is 10.6 Å². The third-order valence-electron chi connectivity index (χ3n) is 5.00. The molecular formula is C21H23FN2O. The summed E-state index contributed by atoms with van der Waals surface area (Å²) in [7, 11) is 0. The Morgan fingerprint density at radius 2 is 2.04 bits per heavy atom. The molecule has 130 valence electrons. The summed E-state index contributed by atoms with van der Waals surface area (Å²) in [6.45, 7) is 3.44. The van der Waals surface area contributed by atoms with E-state index in [0.717, 1.165) is 60.7 Å². The van der Waals surface area contributed by atoms with E-state index < -0.39 is 0 Å². The molecule has 0 amide bonds. The van der Waals surface area contributed by atoms with Gasteiger partial charge in [0.05, 0.1) is 11.0 Å². The molecule has 1 aromatic carbocycles.